The van der Waals surface area contributed by atoms with Gasteiger partial charge in [-0.1, -0.05) is 24.3 Å². The fraction of sp³-hybridized carbons (Fsp3) is 0.200. The second-order valence-electron chi connectivity index (χ2n) is 6.23. The highest BCUT2D eigenvalue weighted by Gasteiger charge is 2.33. The second-order valence-corrected chi connectivity index (χ2v) is 7.18. The summed E-state index contributed by atoms with van der Waals surface area (Å²) in [5.74, 6) is 0.0741. The van der Waals surface area contributed by atoms with E-state index in [4.69, 9.17) is 15.1 Å². The van der Waals surface area contributed by atoms with Crippen molar-refractivity contribution in [3.05, 3.63) is 76.4 Å². The Balaban J connectivity index is 0.00000210. The van der Waals surface area contributed by atoms with Crippen molar-refractivity contribution in [1.82, 2.24) is 0 Å². The van der Waals surface area contributed by atoms with E-state index in [1.54, 1.807) is 23.5 Å². The monoisotopic (exact) mass is 401 g/mol. The minimum Gasteiger partial charge on any atom is -0.461 e. The molecule has 0 fully saturated rings. The number of ketones is 1. The average molecular weight is 402 g/mol. The molecule has 1 aliphatic rings. The van der Waals surface area contributed by atoms with Gasteiger partial charge in [-0.05, 0) is 29.6 Å². The van der Waals surface area contributed by atoms with Crippen LogP contribution in [0, 0.1) is 0 Å². The molecule has 3 heterocycles. The quantitative estimate of drug-likeness (QED) is 0.677. The molecular weight excluding hydrogens is 382 g/mol. The number of thiophene rings is 1. The first-order chi connectivity index (χ1) is 12.7. The topological polar surface area (TPSA) is 71.8 Å². The van der Waals surface area contributed by atoms with Crippen LogP contribution in [0.2, 0.25) is 0 Å². The third-order valence-electron chi connectivity index (χ3n) is 4.71. The van der Waals surface area contributed by atoms with Crippen molar-refractivity contribution in [3.63, 3.8) is 0 Å². The minimum absolute atomic E-state index is 0. The Kier molecular flexibility index (Phi) is 5.79. The van der Waals surface area contributed by atoms with E-state index in [2.05, 4.69) is 17.0 Å². The van der Waals surface area contributed by atoms with E-state index >= 15 is 0 Å². The lowest BCUT2D eigenvalue weighted by atomic mass is 10.0. The average Bonchev–Trinajstić information content (AvgIpc) is 3.36. The third-order valence-corrected chi connectivity index (χ3v) is 5.59. The number of hydrogen-bond donors (Lipinski definition) is 1. The molecule has 5 nitrogen and oxygen atoms in total. The summed E-state index contributed by atoms with van der Waals surface area (Å²) in [6, 6.07) is 14.5. The molecule has 27 heavy (non-hydrogen) atoms. The van der Waals surface area contributed by atoms with Gasteiger partial charge in [0.05, 0.1) is 35.5 Å². The number of carbonyl (C=O) groups is 1. The van der Waals surface area contributed by atoms with Crippen LogP contribution >= 0.6 is 23.7 Å². The van der Waals surface area contributed by atoms with Crippen LogP contribution in [0.5, 0.6) is 0 Å². The molecule has 0 saturated heterocycles. The Morgan fingerprint density at radius 1 is 1.26 bits per heavy atom. The molecule has 0 saturated carbocycles. The van der Waals surface area contributed by atoms with Crippen LogP contribution < -0.4 is 10.6 Å². The van der Waals surface area contributed by atoms with Crippen LogP contribution in [0.1, 0.15) is 21.0 Å². The Hall–Kier alpha value is -2.41. The van der Waals surface area contributed by atoms with Gasteiger partial charge < -0.3 is 15.1 Å². The zero-order chi connectivity index (χ0) is 18.1. The number of carbonyl (C=O) groups excluding carboxylic acids is 1. The molecule has 1 aromatic carbocycles. The highest BCUT2D eigenvalue weighted by Crippen LogP contribution is 2.30. The van der Waals surface area contributed by atoms with Gasteiger partial charge in [0.25, 0.3) is 0 Å². The Bertz CT molecular complexity index is 938. The number of furan rings is 1. The Labute approximate surface area is 167 Å². The molecule has 7 heteroatoms. The van der Waals surface area contributed by atoms with Gasteiger partial charge in [0.2, 0.25) is 5.78 Å². The smallest absolute Gasteiger partial charge is 0.216 e. The van der Waals surface area contributed by atoms with E-state index in [-0.39, 0.29) is 30.0 Å². The van der Waals surface area contributed by atoms with Gasteiger partial charge in [0, 0.05) is 18.3 Å². The van der Waals surface area contributed by atoms with Crippen molar-refractivity contribution < 1.29 is 9.21 Å². The predicted molar refractivity (Wildman–Crippen MR) is 112 cm³/mol. The lowest BCUT2D eigenvalue weighted by molar-refractivity contribution is 0.0922. The van der Waals surface area contributed by atoms with Gasteiger partial charge in [-0.2, -0.15) is 0 Å². The lowest BCUT2D eigenvalue weighted by Crippen LogP contribution is -2.52. The summed E-state index contributed by atoms with van der Waals surface area (Å²) in [6.07, 6.45) is 1.49. The standard InChI is InChI=1S/C20H19N3O2S.ClH/c1-23-14-7-3-2-6-13(14)19(17-9-5-11-26-17)22-12-15(23)18(21)20(24)16-8-4-10-25-16;/h2-11,15,18H,12,21H2,1H3;1H. The number of aliphatic imine (C=N–C) groups is 1. The van der Waals surface area contributed by atoms with Crippen LogP contribution in [-0.2, 0) is 0 Å². The summed E-state index contributed by atoms with van der Waals surface area (Å²) in [6.45, 7) is 0.437. The van der Waals surface area contributed by atoms with Crippen LogP contribution in [0.25, 0.3) is 0 Å². The molecule has 3 aromatic rings. The van der Waals surface area contributed by atoms with E-state index in [1.807, 2.05) is 36.7 Å². The normalized spacial score (nSPS) is 17.3. The number of halogens is 1. The van der Waals surface area contributed by atoms with E-state index in [0.29, 0.717) is 6.54 Å². The number of likely N-dealkylation sites (N-methyl/N-ethyl adjacent to an activating group) is 1. The van der Waals surface area contributed by atoms with Gasteiger partial charge in [-0.3, -0.25) is 9.79 Å². The molecule has 2 N–H and O–H groups in total. The van der Waals surface area contributed by atoms with Gasteiger partial charge in [0.15, 0.2) is 5.76 Å². The van der Waals surface area contributed by atoms with Crippen LogP contribution in [0.4, 0.5) is 5.69 Å². The SMILES string of the molecule is CN1c2ccccc2C(c2cccs2)=NCC1C(N)C(=O)c1ccco1.Cl. The Morgan fingerprint density at radius 3 is 2.78 bits per heavy atom. The number of para-hydroxylation sites is 1. The minimum atomic E-state index is -0.731. The molecule has 2 aromatic heterocycles. The fourth-order valence-corrected chi connectivity index (χ4v) is 4.04. The van der Waals surface area contributed by atoms with Crippen LogP contribution in [0.3, 0.4) is 0 Å². The van der Waals surface area contributed by atoms with Gasteiger partial charge in [-0.15, -0.1) is 23.7 Å². The predicted octanol–water partition coefficient (Wildman–Crippen LogP) is 3.63. The lowest BCUT2D eigenvalue weighted by Gasteiger charge is -2.31. The number of nitrogens with two attached hydrogens (primary N) is 1. The first-order valence-electron chi connectivity index (χ1n) is 8.40. The number of hydrogen-bond acceptors (Lipinski definition) is 6. The summed E-state index contributed by atoms with van der Waals surface area (Å²) in [7, 11) is 1.96. The number of anilines is 1. The maximum Gasteiger partial charge on any atom is 0.216 e. The van der Waals surface area contributed by atoms with Crippen molar-refractivity contribution in [2.45, 2.75) is 12.1 Å². The number of rotatable bonds is 4. The molecule has 2 atom stereocenters. The zero-order valence-electron chi connectivity index (χ0n) is 14.7. The molecule has 1 aliphatic heterocycles. The number of nitrogens with zero attached hydrogens (tertiary/aromatic N) is 2. The molecular formula is C20H20ClN3O2S. The summed E-state index contributed by atoms with van der Waals surface area (Å²) >= 11 is 1.65. The summed E-state index contributed by atoms with van der Waals surface area (Å²) in [5, 5.41) is 2.04. The summed E-state index contributed by atoms with van der Waals surface area (Å²) < 4.78 is 5.24. The maximum absolute atomic E-state index is 12.7. The number of benzodiazepines with no additional fused rings is 1. The Morgan fingerprint density at radius 2 is 2.07 bits per heavy atom. The number of Topliss-reactive ketones (excluding diaryl/α,β-unsaturated/α-hetero) is 1. The molecule has 4 rings (SSSR count). The summed E-state index contributed by atoms with van der Waals surface area (Å²) in [4.78, 5) is 20.7. The van der Waals surface area contributed by atoms with Crippen molar-refractivity contribution in [3.8, 4) is 0 Å². The van der Waals surface area contributed by atoms with Crippen molar-refractivity contribution in [2.24, 2.45) is 10.7 Å². The van der Waals surface area contributed by atoms with Gasteiger partial charge in [0.1, 0.15) is 0 Å². The highest BCUT2D eigenvalue weighted by molar-refractivity contribution is 7.12. The molecule has 0 aliphatic carbocycles. The molecule has 140 valence electrons. The van der Waals surface area contributed by atoms with Crippen LogP contribution in [-0.4, -0.2) is 37.2 Å². The second kappa shape index (κ2) is 8.08. The van der Waals surface area contributed by atoms with Crippen LogP contribution in [0.15, 0.2) is 69.6 Å². The fourth-order valence-electron chi connectivity index (χ4n) is 3.29. The molecule has 0 radical (unpaired) electrons. The van der Waals surface area contributed by atoms with Crippen molar-refractivity contribution >= 4 is 40.9 Å². The molecule has 0 bridgehead atoms. The maximum atomic E-state index is 12.7. The molecule has 0 amide bonds. The third kappa shape index (κ3) is 3.56. The van der Waals surface area contributed by atoms with E-state index in [0.717, 1.165) is 21.8 Å². The number of benzene rings is 1. The van der Waals surface area contributed by atoms with Gasteiger partial charge in [-0.25, -0.2) is 0 Å². The number of fused-ring (bicyclic) bond motifs is 1. The largest absolute Gasteiger partial charge is 0.461 e. The highest BCUT2D eigenvalue weighted by atomic mass is 35.5. The van der Waals surface area contributed by atoms with E-state index in [1.165, 1.54) is 6.26 Å². The molecule has 0 spiro atoms. The summed E-state index contributed by atoms with van der Waals surface area (Å²) in [5.41, 5.74) is 9.36. The van der Waals surface area contributed by atoms with Gasteiger partial charge >= 0.3 is 0 Å². The van der Waals surface area contributed by atoms with Crippen molar-refractivity contribution in [2.75, 3.05) is 18.5 Å². The molecule has 2 unspecified atom stereocenters. The van der Waals surface area contributed by atoms with E-state index in [9.17, 15) is 4.79 Å². The first-order valence-corrected chi connectivity index (χ1v) is 9.28. The zero-order valence-corrected chi connectivity index (χ0v) is 16.4. The first kappa shape index (κ1) is 19.4. The van der Waals surface area contributed by atoms with E-state index < -0.39 is 6.04 Å². The van der Waals surface area contributed by atoms with Crippen molar-refractivity contribution in [1.29, 1.82) is 0 Å².